The van der Waals surface area contributed by atoms with E-state index in [0.717, 1.165) is 9.87 Å². The van der Waals surface area contributed by atoms with Gasteiger partial charge in [-0.05, 0) is 81.3 Å². The highest BCUT2D eigenvalue weighted by molar-refractivity contribution is 7.92. The van der Waals surface area contributed by atoms with Crippen LogP contribution in [0.25, 0.3) is 0 Å². The van der Waals surface area contributed by atoms with Crippen LogP contribution in [-0.2, 0) is 26.2 Å². The van der Waals surface area contributed by atoms with Crippen molar-refractivity contribution in [1.82, 2.24) is 10.2 Å². The van der Waals surface area contributed by atoms with E-state index >= 15 is 0 Å². The predicted molar refractivity (Wildman–Crippen MR) is 162 cm³/mol. The van der Waals surface area contributed by atoms with E-state index in [1.165, 1.54) is 29.2 Å². The van der Waals surface area contributed by atoms with Gasteiger partial charge in [0, 0.05) is 17.6 Å². The molecule has 11 heteroatoms. The third-order valence-electron chi connectivity index (χ3n) is 6.51. The third-order valence-corrected chi connectivity index (χ3v) is 9.29. The highest BCUT2D eigenvalue weighted by Crippen LogP contribution is 2.27. The van der Waals surface area contributed by atoms with Gasteiger partial charge in [-0.25, -0.2) is 8.42 Å². The van der Waals surface area contributed by atoms with Gasteiger partial charge in [0.2, 0.25) is 11.8 Å². The minimum Gasteiger partial charge on any atom is -0.352 e. The first-order valence-electron chi connectivity index (χ1n) is 12.7. The number of amides is 2. The second-order valence-corrected chi connectivity index (χ2v) is 12.7. The Bertz CT molecular complexity index is 1450. The third kappa shape index (κ3) is 7.91. The van der Waals surface area contributed by atoms with E-state index in [1.54, 1.807) is 49.4 Å². The molecular weight excluding hydrogens is 593 g/mol. The summed E-state index contributed by atoms with van der Waals surface area (Å²) in [7, 11) is -4.18. The number of benzene rings is 3. The number of rotatable bonds is 11. The molecule has 0 aliphatic heterocycles. The number of halogens is 3. The number of aryl methyl sites for hydroxylation is 1. The molecule has 0 saturated carbocycles. The van der Waals surface area contributed by atoms with Crippen LogP contribution in [0.15, 0.2) is 71.6 Å². The highest BCUT2D eigenvalue weighted by Gasteiger charge is 2.32. The van der Waals surface area contributed by atoms with E-state index in [1.807, 2.05) is 20.8 Å². The Morgan fingerprint density at radius 1 is 0.900 bits per heavy atom. The van der Waals surface area contributed by atoms with Crippen LogP contribution in [0.4, 0.5) is 5.69 Å². The molecule has 3 aromatic carbocycles. The average molecular weight is 625 g/mol. The van der Waals surface area contributed by atoms with Crippen LogP contribution in [0.2, 0.25) is 15.1 Å². The Labute approximate surface area is 251 Å². The van der Waals surface area contributed by atoms with E-state index in [0.29, 0.717) is 32.7 Å². The van der Waals surface area contributed by atoms with Crippen molar-refractivity contribution < 1.29 is 18.0 Å². The number of hydrogen-bond acceptors (Lipinski definition) is 4. The zero-order valence-corrected chi connectivity index (χ0v) is 25.8. The van der Waals surface area contributed by atoms with E-state index < -0.39 is 28.5 Å². The molecule has 3 rings (SSSR count). The molecule has 0 radical (unpaired) electrons. The Hall–Kier alpha value is -2.78. The van der Waals surface area contributed by atoms with E-state index in [9.17, 15) is 18.0 Å². The summed E-state index contributed by atoms with van der Waals surface area (Å²) in [5.41, 5.74) is 1.86. The molecule has 0 heterocycles. The van der Waals surface area contributed by atoms with Gasteiger partial charge >= 0.3 is 0 Å². The summed E-state index contributed by atoms with van der Waals surface area (Å²) in [5, 5.41) is 3.93. The number of nitrogens with one attached hydrogen (secondary N) is 1. The van der Waals surface area contributed by atoms with Crippen molar-refractivity contribution in [2.45, 2.75) is 57.6 Å². The zero-order valence-electron chi connectivity index (χ0n) is 22.7. The predicted octanol–water partition coefficient (Wildman–Crippen LogP) is 6.48. The van der Waals surface area contributed by atoms with Crippen molar-refractivity contribution in [1.29, 1.82) is 0 Å². The summed E-state index contributed by atoms with van der Waals surface area (Å²) in [6, 6.07) is 16.4. The molecule has 0 aromatic heterocycles. The number of sulfonamides is 1. The van der Waals surface area contributed by atoms with Crippen LogP contribution in [-0.4, -0.2) is 43.8 Å². The number of carbonyl (C=O) groups is 2. The molecular formula is C29H32Cl3N3O4S. The molecule has 0 aliphatic carbocycles. The number of carbonyl (C=O) groups excluding carboxylic acids is 2. The summed E-state index contributed by atoms with van der Waals surface area (Å²) in [5.74, 6) is -0.929. The van der Waals surface area contributed by atoms with Crippen molar-refractivity contribution in [3.63, 3.8) is 0 Å². The van der Waals surface area contributed by atoms with Crippen molar-refractivity contribution in [3.05, 3.63) is 92.9 Å². The van der Waals surface area contributed by atoms with Crippen molar-refractivity contribution in [2.75, 3.05) is 10.8 Å². The lowest BCUT2D eigenvalue weighted by atomic mass is 10.1. The maximum absolute atomic E-state index is 13.9. The van der Waals surface area contributed by atoms with Crippen LogP contribution in [0, 0.1) is 6.92 Å². The van der Waals surface area contributed by atoms with Crippen LogP contribution in [0.5, 0.6) is 0 Å². The van der Waals surface area contributed by atoms with Crippen molar-refractivity contribution in [2.24, 2.45) is 0 Å². The SMILES string of the molecule is CC[C@H](C)NC(=O)[C@H](C)N(Cc1ccc(Cl)c(Cl)c1)C(=O)CN(c1ccc(C)cc1)S(=O)(=O)c1ccc(Cl)cc1. The summed E-state index contributed by atoms with van der Waals surface area (Å²) < 4.78 is 28.7. The monoisotopic (exact) mass is 623 g/mol. The molecule has 1 N–H and O–H groups in total. The first-order chi connectivity index (χ1) is 18.8. The van der Waals surface area contributed by atoms with Gasteiger partial charge in [0.25, 0.3) is 10.0 Å². The lowest BCUT2D eigenvalue weighted by Crippen LogP contribution is -2.52. The fraction of sp³-hybridized carbons (Fsp3) is 0.310. The second kappa shape index (κ2) is 13.7. The molecule has 2 amide bonds. The topological polar surface area (TPSA) is 86.8 Å². The summed E-state index contributed by atoms with van der Waals surface area (Å²) >= 11 is 18.3. The summed E-state index contributed by atoms with van der Waals surface area (Å²) in [4.78, 5) is 28.4. The first kappa shape index (κ1) is 31.7. The van der Waals surface area contributed by atoms with Crippen LogP contribution >= 0.6 is 34.8 Å². The van der Waals surface area contributed by atoms with Crippen molar-refractivity contribution >= 4 is 62.3 Å². The van der Waals surface area contributed by atoms with Crippen LogP contribution in [0.3, 0.4) is 0 Å². The number of hydrogen-bond donors (Lipinski definition) is 1. The maximum atomic E-state index is 13.9. The molecule has 0 bridgehead atoms. The molecule has 3 aromatic rings. The normalized spacial score (nSPS) is 12.9. The van der Waals surface area contributed by atoms with Gasteiger partial charge in [0.05, 0.1) is 20.6 Å². The Balaban J connectivity index is 2.03. The van der Waals surface area contributed by atoms with Gasteiger partial charge in [-0.15, -0.1) is 0 Å². The molecule has 0 fully saturated rings. The standard InChI is InChI=1S/C29H32Cl3N3O4S/c1-5-20(3)33-29(37)21(4)34(17-22-8-15-26(31)27(32)16-22)28(36)18-35(24-11-6-19(2)7-12-24)40(38,39)25-13-9-23(30)10-14-25/h6-16,20-21H,5,17-18H2,1-4H3,(H,33,37)/t20-,21-/m0/s1. The average Bonchev–Trinajstić information content (AvgIpc) is 2.92. The van der Waals surface area contributed by atoms with Gasteiger partial charge < -0.3 is 10.2 Å². The molecule has 0 saturated heterocycles. The van der Waals surface area contributed by atoms with Crippen LogP contribution < -0.4 is 9.62 Å². The van der Waals surface area contributed by atoms with Gasteiger partial charge in [-0.1, -0.05) is 65.5 Å². The van der Waals surface area contributed by atoms with Gasteiger partial charge in [0.1, 0.15) is 12.6 Å². The molecule has 0 aliphatic rings. The fourth-order valence-corrected chi connectivity index (χ4v) is 5.72. The second-order valence-electron chi connectivity index (χ2n) is 9.57. The zero-order chi connectivity index (χ0) is 29.6. The van der Waals surface area contributed by atoms with E-state index in [2.05, 4.69) is 5.32 Å². The Morgan fingerprint density at radius 3 is 2.10 bits per heavy atom. The highest BCUT2D eigenvalue weighted by atomic mass is 35.5. The largest absolute Gasteiger partial charge is 0.352 e. The minimum absolute atomic E-state index is 0.00749. The van der Waals surface area contributed by atoms with E-state index in [-0.39, 0.29) is 23.4 Å². The molecule has 0 unspecified atom stereocenters. The lowest BCUT2D eigenvalue weighted by molar-refractivity contribution is -0.139. The molecule has 7 nitrogen and oxygen atoms in total. The maximum Gasteiger partial charge on any atom is 0.264 e. The smallest absolute Gasteiger partial charge is 0.264 e. The Kier molecular flexibility index (Phi) is 10.9. The molecule has 0 spiro atoms. The van der Waals surface area contributed by atoms with Gasteiger partial charge in [0.15, 0.2) is 0 Å². The van der Waals surface area contributed by atoms with Crippen LogP contribution in [0.1, 0.15) is 38.3 Å². The first-order valence-corrected chi connectivity index (χ1v) is 15.3. The number of anilines is 1. The number of nitrogens with zero attached hydrogens (tertiary/aromatic N) is 2. The fourth-order valence-electron chi connectivity index (χ4n) is 3.86. The summed E-state index contributed by atoms with van der Waals surface area (Å²) in [6.07, 6.45) is 0.708. The molecule has 2 atom stereocenters. The van der Waals surface area contributed by atoms with E-state index in [4.69, 9.17) is 34.8 Å². The molecule has 214 valence electrons. The Morgan fingerprint density at radius 2 is 1.52 bits per heavy atom. The quantitative estimate of drug-likeness (QED) is 0.265. The minimum atomic E-state index is -4.18. The van der Waals surface area contributed by atoms with Crippen molar-refractivity contribution in [3.8, 4) is 0 Å². The summed E-state index contributed by atoms with van der Waals surface area (Å²) in [6.45, 7) is 6.76. The molecule has 40 heavy (non-hydrogen) atoms. The van der Waals surface area contributed by atoms with Gasteiger partial charge in [-0.3, -0.25) is 13.9 Å². The van der Waals surface area contributed by atoms with Gasteiger partial charge in [-0.2, -0.15) is 0 Å². The lowest BCUT2D eigenvalue weighted by Gasteiger charge is -2.32.